The molecule has 1 aromatic carbocycles. The van der Waals surface area contributed by atoms with Gasteiger partial charge in [0.05, 0.1) is 7.11 Å². The molecule has 12 heteroatoms. The van der Waals surface area contributed by atoms with Gasteiger partial charge in [-0.1, -0.05) is 11.8 Å². The molecule has 2 N–H and O–H groups in total. The third kappa shape index (κ3) is 4.78. The molecule has 0 aliphatic heterocycles. The molecule has 8 nitrogen and oxygen atoms in total. The lowest BCUT2D eigenvalue weighted by molar-refractivity contribution is 0.101. The molecule has 0 saturated heterocycles. The van der Waals surface area contributed by atoms with Crippen LogP contribution in [0.3, 0.4) is 0 Å². The Morgan fingerprint density at radius 3 is 2.87 bits per heavy atom. The maximum Gasteiger partial charge on any atom is 0.277 e. The molecule has 0 aliphatic rings. The number of H-pyrrole nitrogens is 1. The number of aromatic amines is 1. The number of carbonyl (C=O) groups excluding carboxylic acids is 1. The van der Waals surface area contributed by atoms with Gasteiger partial charge in [0.15, 0.2) is 21.9 Å². The lowest BCUT2D eigenvalue weighted by Gasteiger charge is -2.10. The molecule has 0 spiro atoms. The number of pyridine rings is 1. The van der Waals surface area contributed by atoms with Crippen LogP contribution in [0, 0.1) is 5.82 Å². The molecule has 0 saturated carbocycles. The number of methoxy groups -OCH3 is 1. The number of aromatic nitrogens is 5. The Kier molecular flexibility index (Phi) is 6.26. The first kappa shape index (κ1) is 20.3. The lowest BCUT2D eigenvalue weighted by atomic mass is 10.3. The standard InChI is InChI=1S/C18H13FN6O2S3/c1-27-12-3-2-10(8-11(12)19)29-13-4-5-14(30-18-21-9-22-25-18)23-15(13)16(26)24-17-20-6-7-28-17/h2-9H,1H3,(H,20,24,26)(H,21,22,25). The number of thiazole rings is 1. The van der Waals surface area contributed by atoms with Crippen LogP contribution < -0.4 is 10.1 Å². The molecular weight excluding hydrogens is 447 g/mol. The van der Waals surface area contributed by atoms with Crippen LogP contribution in [0.15, 0.2) is 68.2 Å². The molecule has 1 amide bonds. The fourth-order valence-electron chi connectivity index (χ4n) is 2.35. The van der Waals surface area contributed by atoms with E-state index in [1.807, 2.05) is 0 Å². The smallest absolute Gasteiger partial charge is 0.277 e. The summed E-state index contributed by atoms with van der Waals surface area (Å²) in [6.45, 7) is 0. The lowest BCUT2D eigenvalue weighted by Crippen LogP contribution is -2.15. The van der Waals surface area contributed by atoms with Gasteiger partial charge in [0.1, 0.15) is 17.0 Å². The minimum Gasteiger partial charge on any atom is -0.494 e. The average Bonchev–Trinajstić information content (AvgIpc) is 3.43. The zero-order valence-corrected chi connectivity index (χ0v) is 17.8. The molecular formula is C18H13FN6O2S3. The number of anilines is 1. The molecule has 3 aromatic heterocycles. The number of halogens is 1. The third-order valence-electron chi connectivity index (χ3n) is 3.65. The van der Waals surface area contributed by atoms with Gasteiger partial charge in [0.25, 0.3) is 5.91 Å². The number of carbonyl (C=O) groups is 1. The zero-order chi connectivity index (χ0) is 20.9. The molecule has 0 atom stereocenters. The normalized spacial score (nSPS) is 10.7. The van der Waals surface area contributed by atoms with E-state index in [9.17, 15) is 9.18 Å². The molecule has 0 radical (unpaired) electrons. The Morgan fingerprint density at radius 1 is 1.27 bits per heavy atom. The van der Waals surface area contributed by atoms with Gasteiger partial charge in [0.2, 0.25) is 0 Å². The summed E-state index contributed by atoms with van der Waals surface area (Å²) in [5, 5.41) is 13.7. The van der Waals surface area contributed by atoms with Crippen LogP contribution in [-0.4, -0.2) is 38.2 Å². The molecule has 30 heavy (non-hydrogen) atoms. The summed E-state index contributed by atoms with van der Waals surface area (Å²) in [5.41, 5.74) is 0.191. The van der Waals surface area contributed by atoms with Crippen molar-refractivity contribution in [2.75, 3.05) is 12.4 Å². The first-order valence-corrected chi connectivity index (χ1v) is 10.9. The number of amides is 1. The van der Waals surface area contributed by atoms with E-state index in [-0.39, 0.29) is 11.4 Å². The van der Waals surface area contributed by atoms with Crippen LogP contribution in [0.25, 0.3) is 0 Å². The molecule has 152 valence electrons. The summed E-state index contributed by atoms with van der Waals surface area (Å²) in [6.07, 6.45) is 3.06. The summed E-state index contributed by atoms with van der Waals surface area (Å²) in [5.74, 6) is -0.749. The van der Waals surface area contributed by atoms with Crippen molar-refractivity contribution in [2.45, 2.75) is 20.0 Å². The highest BCUT2D eigenvalue weighted by atomic mass is 32.2. The molecule has 4 aromatic rings. The van der Waals surface area contributed by atoms with Crippen LogP contribution in [0.1, 0.15) is 10.5 Å². The van der Waals surface area contributed by atoms with Crippen molar-refractivity contribution in [3.63, 3.8) is 0 Å². The van der Waals surface area contributed by atoms with Gasteiger partial charge in [-0.15, -0.1) is 21.5 Å². The van der Waals surface area contributed by atoms with Gasteiger partial charge in [-0.25, -0.2) is 14.4 Å². The Labute approximate surface area is 182 Å². The molecule has 0 aliphatic carbocycles. The average molecular weight is 461 g/mol. The Bertz CT molecular complexity index is 1150. The summed E-state index contributed by atoms with van der Waals surface area (Å²) in [4.78, 5) is 25.5. The largest absolute Gasteiger partial charge is 0.494 e. The SMILES string of the molecule is COc1ccc(Sc2ccc(Sc3nnc[nH]3)nc2C(=O)Nc2nccs2)cc1F. The van der Waals surface area contributed by atoms with Gasteiger partial charge in [0, 0.05) is 21.4 Å². The van der Waals surface area contributed by atoms with Crippen LogP contribution in [-0.2, 0) is 0 Å². The number of rotatable bonds is 7. The number of nitrogens with one attached hydrogen (secondary N) is 2. The minimum absolute atomic E-state index is 0.151. The molecule has 0 fully saturated rings. The van der Waals surface area contributed by atoms with Gasteiger partial charge in [-0.3, -0.25) is 10.1 Å². The van der Waals surface area contributed by atoms with Crippen LogP contribution in [0.5, 0.6) is 5.75 Å². The predicted molar refractivity (Wildman–Crippen MR) is 112 cm³/mol. The van der Waals surface area contributed by atoms with Crippen molar-refractivity contribution in [2.24, 2.45) is 0 Å². The first-order chi connectivity index (χ1) is 14.6. The number of nitrogens with zero attached hydrogens (tertiary/aromatic N) is 4. The van der Waals surface area contributed by atoms with E-state index in [1.165, 1.54) is 60.4 Å². The number of hydrogen-bond acceptors (Lipinski definition) is 9. The predicted octanol–water partition coefficient (Wildman–Crippen LogP) is 4.36. The molecule has 3 heterocycles. The third-order valence-corrected chi connectivity index (χ3v) is 6.20. The second-order valence-corrected chi connectivity index (χ2v) is 8.60. The van der Waals surface area contributed by atoms with Crippen molar-refractivity contribution in [3.8, 4) is 5.75 Å². The monoisotopic (exact) mass is 460 g/mol. The highest BCUT2D eigenvalue weighted by Gasteiger charge is 2.18. The van der Waals surface area contributed by atoms with Gasteiger partial charge in [-0.05, 0) is 42.1 Å². The van der Waals surface area contributed by atoms with Crippen molar-refractivity contribution < 1.29 is 13.9 Å². The number of hydrogen-bond donors (Lipinski definition) is 2. The summed E-state index contributed by atoms with van der Waals surface area (Å²) < 4.78 is 19.0. The quantitative estimate of drug-likeness (QED) is 0.419. The van der Waals surface area contributed by atoms with Gasteiger partial charge >= 0.3 is 0 Å². The molecule has 0 unspecified atom stereocenters. The highest BCUT2D eigenvalue weighted by molar-refractivity contribution is 7.99. The summed E-state index contributed by atoms with van der Waals surface area (Å²) in [6, 6.07) is 8.12. The topological polar surface area (TPSA) is 106 Å². The van der Waals surface area contributed by atoms with E-state index in [1.54, 1.807) is 29.8 Å². The van der Waals surface area contributed by atoms with Crippen LogP contribution in [0.2, 0.25) is 0 Å². The van der Waals surface area contributed by atoms with E-state index in [4.69, 9.17) is 4.74 Å². The second-order valence-electron chi connectivity index (χ2n) is 5.58. The number of benzene rings is 1. The zero-order valence-electron chi connectivity index (χ0n) is 15.3. The maximum atomic E-state index is 14.1. The van der Waals surface area contributed by atoms with Gasteiger partial charge in [-0.2, -0.15) is 0 Å². The van der Waals surface area contributed by atoms with Crippen LogP contribution in [0.4, 0.5) is 9.52 Å². The van der Waals surface area contributed by atoms with Crippen LogP contribution >= 0.6 is 34.9 Å². The van der Waals surface area contributed by atoms with E-state index >= 15 is 0 Å². The van der Waals surface area contributed by atoms with E-state index in [0.717, 1.165) is 0 Å². The fraction of sp³-hybridized carbons (Fsp3) is 0.0556. The Hall–Kier alpha value is -2.96. The summed E-state index contributed by atoms with van der Waals surface area (Å²) >= 11 is 3.76. The maximum absolute atomic E-state index is 14.1. The minimum atomic E-state index is -0.484. The fourth-order valence-corrected chi connectivity index (χ4v) is 4.47. The van der Waals surface area contributed by atoms with Crippen molar-refractivity contribution >= 4 is 45.9 Å². The van der Waals surface area contributed by atoms with Gasteiger partial charge < -0.3 is 9.72 Å². The summed E-state index contributed by atoms with van der Waals surface area (Å²) in [7, 11) is 1.40. The highest BCUT2D eigenvalue weighted by Crippen LogP contribution is 2.34. The second kappa shape index (κ2) is 9.24. The molecule has 4 rings (SSSR count). The number of ether oxygens (including phenoxy) is 1. The molecule has 0 bridgehead atoms. The van der Waals surface area contributed by atoms with E-state index in [0.29, 0.717) is 25.1 Å². The van der Waals surface area contributed by atoms with Crippen molar-refractivity contribution in [3.05, 3.63) is 59.7 Å². The first-order valence-electron chi connectivity index (χ1n) is 8.39. The Balaban J connectivity index is 1.65. The van der Waals surface area contributed by atoms with Crippen molar-refractivity contribution in [1.29, 1.82) is 0 Å². The van der Waals surface area contributed by atoms with E-state index in [2.05, 4.69) is 30.5 Å². The Morgan fingerprint density at radius 2 is 2.17 bits per heavy atom. The van der Waals surface area contributed by atoms with Crippen molar-refractivity contribution in [1.82, 2.24) is 25.1 Å². The van der Waals surface area contributed by atoms with E-state index < -0.39 is 11.7 Å².